The second kappa shape index (κ2) is 3.75. The summed E-state index contributed by atoms with van der Waals surface area (Å²) < 4.78 is 0. The lowest BCUT2D eigenvalue weighted by Crippen LogP contribution is -1.91. The Labute approximate surface area is 68.0 Å². The van der Waals surface area contributed by atoms with Gasteiger partial charge in [0.2, 0.25) is 0 Å². The van der Waals surface area contributed by atoms with Crippen molar-refractivity contribution >= 4 is 15.3 Å². The van der Waals surface area contributed by atoms with Gasteiger partial charge in [-0.25, -0.2) is 0 Å². The van der Waals surface area contributed by atoms with Crippen LogP contribution in [0.5, 0.6) is 0 Å². The molecule has 0 radical (unpaired) electrons. The van der Waals surface area contributed by atoms with Gasteiger partial charge in [0.1, 0.15) is 12.1 Å². The van der Waals surface area contributed by atoms with Gasteiger partial charge >= 0.3 is 0 Å². The molecular weight excluding hydrogens is 156 g/mol. The quantitative estimate of drug-likeness (QED) is 0.507. The molecule has 1 heterocycles. The van der Waals surface area contributed by atoms with E-state index in [-0.39, 0.29) is 10.5 Å². The molecule has 0 fully saturated rings. The largest absolute Gasteiger partial charge is 0.191 e. The molecule has 0 aromatic rings. The zero-order valence-electron chi connectivity index (χ0n) is 5.82. The van der Waals surface area contributed by atoms with Gasteiger partial charge in [0.05, 0.1) is 0 Å². The Morgan fingerprint density at radius 1 is 1.27 bits per heavy atom. The van der Waals surface area contributed by atoms with E-state index in [1.54, 1.807) is 0 Å². The predicted octanol–water partition coefficient (Wildman–Crippen LogP) is 1.56. The van der Waals surface area contributed by atoms with Crippen LogP contribution in [0.15, 0.2) is 23.6 Å². The van der Waals surface area contributed by atoms with Crippen molar-refractivity contribution in [2.75, 3.05) is 5.75 Å². The van der Waals surface area contributed by atoms with Crippen LogP contribution < -0.4 is 0 Å². The van der Waals surface area contributed by atoms with Gasteiger partial charge in [0.15, 0.2) is 4.86 Å². The molecule has 0 N–H and O–H groups in total. The summed E-state index contributed by atoms with van der Waals surface area (Å²) in [5.41, 5.74) is 0. The number of nitrogens with zero attached hydrogens (tertiary/aromatic N) is 2. The van der Waals surface area contributed by atoms with Gasteiger partial charge in [-0.05, 0) is 5.41 Å². The van der Waals surface area contributed by atoms with E-state index >= 15 is 0 Å². The number of allylic oxidation sites excluding steroid dienone is 2. The Balaban J connectivity index is 3.00. The molecule has 0 aliphatic carbocycles. The average Bonchev–Trinajstić information content (AvgIpc) is 2.09. The molecule has 0 aromatic heterocycles. The number of hydrogen-bond acceptors (Lipinski definition) is 2. The van der Waals surface area contributed by atoms with Gasteiger partial charge in [0.25, 0.3) is 0 Å². The first-order valence-electron chi connectivity index (χ1n) is 3.08. The molecule has 1 aliphatic heterocycles. The second-order valence-corrected chi connectivity index (χ2v) is 3.78. The summed E-state index contributed by atoms with van der Waals surface area (Å²) in [6.45, 7) is 0. The molecule has 1 atom stereocenters. The molecule has 0 amide bonds. The van der Waals surface area contributed by atoms with Crippen molar-refractivity contribution in [3.63, 3.8) is 0 Å². The van der Waals surface area contributed by atoms with E-state index in [4.69, 9.17) is 10.5 Å². The first-order chi connectivity index (χ1) is 5.38. The van der Waals surface area contributed by atoms with Crippen molar-refractivity contribution in [3.05, 3.63) is 23.6 Å². The zero-order chi connectivity index (χ0) is 8.10. The van der Waals surface area contributed by atoms with Crippen LogP contribution in [-0.4, -0.2) is 10.6 Å². The fourth-order valence-corrected chi connectivity index (χ4v) is 1.97. The van der Waals surface area contributed by atoms with Gasteiger partial charge in [-0.3, -0.25) is 0 Å². The Morgan fingerprint density at radius 2 is 2.00 bits per heavy atom. The van der Waals surface area contributed by atoms with Crippen molar-refractivity contribution in [1.29, 1.82) is 10.5 Å². The molecule has 0 aromatic carbocycles. The van der Waals surface area contributed by atoms with E-state index in [0.717, 1.165) is 5.75 Å². The summed E-state index contributed by atoms with van der Waals surface area (Å²) in [5.74, 6) is 0.799. The van der Waals surface area contributed by atoms with Crippen LogP contribution in [0.3, 0.4) is 0 Å². The molecule has 11 heavy (non-hydrogen) atoms. The van der Waals surface area contributed by atoms with Crippen LogP contribution in [-0.2, 0) is 0 Å². The standard InChI is InChI=1S/C8H6N2S/c9-6-8(7-10)11-4-2-1-3-5-11/h1-4H,5H2. The van der Waals surface area contributed by atoms with Crippen LogP contribution in [0.4, 0.5) is 0 Å². The van der Waals surface area contributed by atoms with Crippen LogP contribution in [0.25, 0.3) is 0 Å². The van der Waals surface area contributed by atoms with Gasteiger partial charge < -0.3 is 0 Å². The minimum atomic E-state index is -0.255. The minimum absolute atomic E-state index is 0.255. The summed E-state index contributed by atoms with van der Waals surface area (Å²) in [7, 11) is -0.255. The van der Waals surface area contributed by atoms with Crippen LogP contribution in [0.1, 0.15) is 0 Å². The average molecular weight is 162 g/mol. The van der Waals surface area contributed by atoms with Crippen LogP contribution in [0.2, 0.25) is 0 Å². The third-order valence-corrected chi connectivity index (χ3v) is 2.98. The van der Waals surface area contributed by atoms with Crippen LogP contribution in [0, 0.1) is 22.7 Å². The first kappa shape index (κ1) is 7.78. The number of nitriles is 2. The zero-order valence-corrected chi connectivity index (χ0v) is 6.64. The normalized spacial score (nSPS) is 20.4. The molecule has 1 rings (SSSR count). The summed E-state index contributed by atoms with van der Waals surface area (Å²) in [4.78, 5) is 0.325. The minimum Gasteiger partial charge on any atom is -0.191 e. The number of rotatable bonds is 0. The van der Waals surface area contributed by atoms with Crippen molar-refractivity contribution in [2.45, 2.75) is 0 Å². The smallest absolute Gasteiger partial charge is 0.157 e. The molecule has 0 spiro atoms. The molecule has 2 nitrogen and oxygen atoms in total. The molecular formula is C8H6N2S. The Bertz CT molecular complexity index is 307. The lowest BCUT2D eigenvalue weighted by atomic mass is 10.5. The molecule has 0 saturated heterocycles. The van der Waals surface area contributed by atoms with Crippen molar-refractivity contribution in [1.82, 2.24) is 0 Å². The van der Waals surface area contributed by atoms with Crippen molar-refractivity contribution in [2.24, 2.45) is 0 Å². The van der Waals surface area contributed by atoms with E-state index in [9.17, 15) is 0 Å². The van der Waals surface area contributed by atoms with Crippen molar-refractivity contribution < 1.29 is 0 Å². The maximum atomic E-state index is 8.52. The first-order valence-corrected chi connectivity index (χ1v) is 4.54. The van der Waals surface area contributed by atoms with Crippen LogP contribution >= 0.6 is 10.5 Å². The molecule has 1 unspecified atom stereocenters. The van der Waals surface area contributed by atoms with Gasteiger partial charge in [-0.2, -0.15) is 10.5 Å². The van der Waals surface area contributed by atoms with E-state index in [1.165, 1.54) is 0 Å². The van der Waals surface area contributed by atoms with E-state index < -0.39 is 0 Å². The van der Waals surface area contributed by atoms with Gasteiger partial charge in [-0.15, -0.1) is 10.5 Å². The number of hydrogen-bond donors (Lipinski definition) is 0. The van der Waals surface area contributed by atoms with E-state index in [0.29, 0.717) is 4.86 Å². The van der Waals surface area contributed by atoms with Gasteiger partial charge in [0, 0.05) is 5.75 Å². The fourth-order valence-electron chi connectivity index (χ4n) is 0.727. The van der Waals surface area contributed by atoms with E-state index in [1.807, 2.05) is 35.8 Å². The lowest BCUT2D eigenvalue weighted by Gasteiger charge is -2.01. The Hall–Kier alpha value is -1.32. The summed E-state index contributed by atoms with van der Waals surface area (Å²) in [6.07, 6.45) is 5.77. The molecule has 3 heteroatoms. The Morgan fingerprint density at radius 3 is 2.45 bits per heavy atom. The van der Waals surface area contributed by atoms with E-state index in [2.05, 4.69) is 0 Å². The molecule has 0 saturated carbocycles. The van der Waals surface area contributed by atoms with Gasteiger partial charge in [-0.1, -0.05) is 18.2 Å². The summed E-state index contributed by atoms with van der Waals surface area (Å²) >= 11 is 0. The summed E-state index contributed by atoms with van der Waals surface area (Å²) in [5, 5.41) is 18.9. The topological polar surface area (TPSA) is 47.6 Å². The SMILES string of the molecule is N#CC(C#N)=S1C=CC=CC1. The molecule has 1 aliphatic rings. The monoisotopic (exact) mass is 162 g/mol. The molecule has 54 valence electrons. The predicted molar refractivity (Wildman–Crippen MR) is 47.0 cm³/mol. The third-order valence-electron chi connectivity index (χ3n) is 1.23. The highest BCUT2D eigenvalue weighted by Gasteiger charge is 2.00. The maximum absolute atomic E-state index is 8.52. The maximum Gasteiger partial charge on any atom is 0.157 e. The van der Waals surface area contributed by atoms with Crippen molar-refractivity contribution in [3.8, 4) is 12.1 Å². The lowest BCUT2D eigenvalue weighted by molar-refractivity contribution is 1.54. The Kier molecular flexibility index (Phi) is 2.66. The third kappa shape index (κ3) is 1.80. The fraction of sp³-hybridized carbons (Fsp3) is 0.125. The highest BCUT2D eigenvalue weighted by molar-refractivity contribution is 8.19. The molecule has 0 bridgehead atoms. The highest BCUT2D eigenvalue weighted by Crippen LogP contribution is 2.20. The summed E-state index contributed by atoms with van der Waals surface area (Å²) in [6, 6.07) is 3.81. The second-order valence-electron chi connectivity index (χ2n) is 1.90. The highest BCUT2D eigenvalue weighted by atomic mass is 32.2.